The van der Waals surface area contributed by atoms with E-state index in [1.807, 2.05) is 87.0 Å². The maximum atomic E-state index is 5.78. The largest absolute Gasteiger partial charge is 0.324 e. The Hall–Kier alpha value is -12.1. The second kappa shape index (κ2) is 24.7. The highest BCUT2D eigenvalue weighted by molar-refractivity contribution is 6.09. The number of aromatic nitrogens is 24. The molecule has 24 heteroatoms. The Morgan fingerprint density at radius 2 is 0.339 bits per heavy atom. The molecule has 2 N–H and O–H groups in total. The summed E-state index contributed by atoms with van der Waals surface area (Å²) in [4.78, 5) is 42.1. The van der Waals surface area contributed by atoms with Crippen molar-refractivity contribution < 1.29 is 0 Å². The van der Waals surface area contributed by atoms with Crippen molar-refractivity contribution >= 4 is 44.1 Å². The Morgan fingerprint density at radius 3 is 0.473 bits per heavy atom. The number of hydrogen-bond acceptors (Lipinski definition) is 14. The van der Waals surface area contributed by atoms with Crippen molar-refractivity contribution in [2.45, 2.75) is 209 Å². The molecule has 112 heavy (non-hydrogen) atoms. The van der Waals surface area contributed by atoms with Crippen molar-refractivity contribution in [3.8, 4) is 91.1 Å². The third kappa shape index (κ3) is 12.8. The Bertz CT molecular complexity index is 5720. The van der Waals surface area contributed by atoms with Gasteiger partial charge in [-0.3, -0.25) is 0 Å². The summed E-state index contributed by atoms with van der Waals surface area (Å²) < 4.78 is 15.5. The first-order valence-electron chi connectivity index (χ1n) is 38.5. The Morgan fingerprint density at radius 1 is 0.196 bits per heavy atom. The van der Waals surface area contributed by atoms with Crippen LogP contribution in [-0.2, 0) is 43.3 Å². The van der Waals surface area contributed by atoms with Gasteiger partial charge in [-0.2, -0.15) is 40.8 Å². The SMILES string of the molecule is CC(C)(C)c1ccn(-c2cc3c(cc2-n2ccc(C(C)(C)C)n2)-c2nc-3nc3[nH]c(nc4nc(nc5[nH]c(n2)c2cc(-n6ccc(C(C)(C)C)n6)c(-n6ccc(C(C)(C)C)n6)cc52)-c2cc(-n5ccc(C(C)(C)C)n5)c(-n5ccc(C(C)(C)C)n5)cc2-4)c2cc(-n4ccc(C(C)(C)C)n4)c(-n4ccc(C(C)(C)C)n4)cc32)n1. The molecule has 570 valence electrons. The Balaban J connectivity index is 1.05. The Labute approximate surface area is 651 Å². The fourth-order valence-electron chi connectivity index (χ4n) is 14.2. The average molecular weight is 1490 g/mol. The van der Waals surface area contributed by atoms with Crippen LogP contribution in [0.3, 0.4) is 0 Å². The predicted molar refractivity (Wildman–Crippen MR) is 443 cm³/mol. The topological polar surface area (TPSA) is 251 Å². The monoisotopic (exact) mass is 1490 g/mol. The lowest BCUT2D eigenvalue weighted by Crippen LogP contribution is -2.14. The van der Waals surface area contributed by atoms with Crippen LogP contribution in [-0.4, -0.2) is 118 Å². The highest BCUT2D eigenvalue weighted by atomic mass is 15.4. The van der Waals surface area contributed by atoms with Crippen LogP contribution in [0.2, 0.25) is 0 Å². The molecule has 13 heterocycles. The van der Waals surface area contributed by atoms with Crippen LogP contribution in [0.4, 0.5) is 0 Å². The second-order valence-electron chi connectivity index (χ2n) is 38.3. The number of hydrogen-bond donors (Lipinski definition) is 2. The van der Waals surface area contributed by atoms with E-state index in [9.17, 15) is 0 Å². The van der Waals surface area contributed by atoms with Crippen LogP contribution in [0.15, 0.2) is 147 Å². The normalized spacial score (nSPS) is 13.4. The molecule has 0 saturated carbocycles. The minimum atomic E-state index is -0.266. The molecule has 8 bridgehead atoms. The summed E-state index contributed by atoms with van der Waals surface area (Å²) in [5.41, 5.74) is 15.9. The zero-order chi connectivity index (χ0) is 79.4. The number of aromatic amines is 2. The van der Waals surface area contributed by atoms with Crippen LogP contribution in [0.25, 0.3) is 135 Å². The molecular weight excluding hydrogens is 1390 g/mol. The lowest BCUT2D eigenvalue weighted by atomic mass is 9.93. The molecule has 0 unspecified atom stereocenters. The molecule has 0 aliphatic carbocycles. The van der Waals surface area contributed by atoms with Gasteiger partial charge in [0, 0.05) is 137 Å². The smallest absolute Gasteiger partial charge is 0.164 e. The maximum Gasteiger partial charge on any atom is 0.164 e. The third-order valence-corrected chi connectivity index (χ3v) is 21.0. The molecule has 2 aliphatic rings. The van der Waals surface area contributed by atoms with Crippen LogP contribution in [0.5, 0.6) is 0 Å². The minimum absolute atomic E-state index is 0.265. The third-order valence-electron chi connectivity index (χ3n) is 21.0. The van der Waals surface area contributed by atoms with E-state index in [-0.39, 0.29) is 43.3 Å². The van der Waals surface area contributed by atoms with Gasteiger partial charge in [-0.05, 0) is 97.1 Å². The molecule has 0 fully saturated rings. The molecule has 0 atom stereocenters. The van der Waals surface area contributed by atoms with Gasteiger partial charge in [-0.25, -0.2) is 67.4 Å². The van der Waals surface area contributed by atoms with E-state index in [2.05, 4.69) is 273 Å². The van der Waals surface area contributed by atoms with Gasteiger partial charge < -0.3 is 9.97 Å². The summed E-state index contributed by atoms with van der Waals surface area (Å²) in [6.07, 6.45) is 16.1. The summed E-state index contributed by atoms with van der Waals surface area (Å²) in [5, 5.41) is 45.4. The summed E-state index contributed by atoms with van der Waals surface area (Å²) in [7, 11) is 0. The van der Waals surface area contributed by atoms with Gasteiger partial charge in [0.2, 0.25) is 0 Å². The number of nitrogens with zero attached hydrogens (tertiary/aromatic N) is 22. The lowest BCUT2D eigenvalue weighted by molar-refractivity contribution is 0.557. The van der Waals surface area contributed by atoms with E-state index in [0.717, 1.165) is 113 Å². The van der Waals surface area contributed by atoms with Crippen LogP contribution in [0, 0.1) is 0 Å². The van der Waals surface area contributed by atoms with Crippen LogP contribution in [0.1, 0.15) is 212 Å². The second-order valence-corrected chi connectivity index (χ2v) is 38.3. The van der Waals surface area contributed by atoms with E-state index in [1.54, 1.807) is 0 Å². The molecule has 0 spiro atoms. The van der Waals surface area contributed by atoms with Crippen molar-refractivity contribution in [2.24, 2.45) is 0 Å². The first kappa shape index (κ1) is 72.8. The van der Waals surface area contributed by atoms with Gasteiger partial charge in [0.15, 0.2) is 23.3 Å². The average Bonchev–Trinajstić information content (AvgIpc) is 1.67. The lowest BCUT2D eigenvalue weighted by Gasteiger charge is -2.17. The van der Waals surface area contributed by atoms with Crippen molar-refractivity contribution in [3.05, 3.63) is 192 Å². The summed E-state index contributed by atoms with van der Waals surface area (Å²) in [6.45, 7) is 52.1. The highest BCUT2D eigenvalue weighted by Gasteiger charge is 2.33. The van der Waals surface area contributed by atoms with Gasteiger partial charge in [0.1, 0.15) is 22.6 Å². The van der Waals surface area contributed by atoms with Crippen LogP contribution >= 0.6 is 0 Å². The number of nitrogens with one attached hydrogen (secondary N) is 2. The number of fused-ring (bicyclic) bond motifs is 20. The first-order chi connectivity index (χ1) is 52.4. The van der Waals surface area contributed by atoms with Crippen LogP contribution < -0.4 is 0 Å². The number of benzene rings is 4. The molecular formula is C88H98N24. The van der Waals surface area contributed by atoms with Gasteiger partial charge in [0.25, 0.3) is 0 Å². The molecule has 0 radical (unpaired) electrons. The zero-order valence-corrected chi connectivity index (χ0v) is 68.7. The van der Waals surface area contributed by atoms with Gasteiger partial charge >= 0.3 is 0 Å². The predicted octanol–water partition coefficient (Wildman–Crippen LogP) is 18.7. The quantitative estimate of drug-likeness (QED) is 0.144. The highest BCUT2D eigenvalue weighted by Crippen LogP contribution is 2.45. The Kier molecular flexibility index (Phi) is 16.1. The van der Waals surface area contributed by atoms with E-state index in [0.29, 0.717) is 68.1 Å². The van der Waals surface area contributed by atoms with Gasteiger partial charge in [-0.15, -0.1) is 0 Å². The summed E-state index contributed by atoms with van der Waals surface area (Å²) >= 11 is 0. The summed E-state index contributed by atoms with van der Waals surface area (Å²) in [6, 6.07) is 33.6. The molecule has 15 aromatic rings. The van der Waals surface area contributed by atoms with E-state index >= 15 is 0 Å². The van der Waals surface area contributed by atoms with Crippen molar-refractivity contribution in [1.29, 1.82) is 0 Å². The zero-order valence-electron chi connectivity index (χ0n) is 68.7. The molecule has 17 rings (SSSR count). The van der Waals surface area contributed by atoms with E-state index < -0.39 is 0 Å². The van der Waals surface area contributed by atoms with E-state index in [1.165, 1.54) is 0 Å². The maximum absolute atomic E-state index is 5.78. The minimum Gasteiger partial charge on any atom is -0.324 e. The fourth-order valence-corrected chi connectivity index (χ4v) is 14.2. The van der Waals surface area contributed by atoms with Gasteiger partial charge in [-0.1, -0.05) is 166 Å². The molecule has 24 nitrogen and oxygen atoms in total. The fraction of sp³-hybridized carbons (Fsp3) is 0.364. The van der Waals surface area contributed by atoms with Crippen molar-refractivity contribution in [3.63, 3.8) is 0 Å². The van der Waals surface area contributed by atoms with Crippen molar-refractivity contribution in [1.82, 2.24) is 118 Å². The molecule has 11 aromatic heterocycles. The summed E-state index contributed by atoms with van der Waals surface area (Å²) in [5.74, 6) is 1.52. The molecule has 2 aliphatic heterocycles. The van der Waals surface area contributed by atoms with Gasteiger partial charge in [0.05, 0.1) is 91.1 Å². The number of H-pyrrole nitrogens is 2. The van der Waals surface area contributed by atoms with Crippen molar-refractivity contribution in [2.75, 3.05) is 0 Å². The molecule has 0 saturated heterocycles. The molecule has 4 aromatic carbocycles. The molecule has 0 amide bonds. The number of rotatable bonds is 8. The first-order valence-corrected chi connectivity index (χ1v) is 38.5. The standard InChI is InChI=1S/C88H98N24/c1-81(2,3)65-25-33-105(97-65)57-41-49-50(42-58(57)106-34-26-66(98-106)82(4,5)6)74-89-73(49)93-75-51-43-59(107-35-27-67(99-107)83(7,8)9)60(108-36-28-68(100-108)84(10,11)12)44-52(51)77(90-75)95-79-55-47-63(111-39-31-71(103-111)87(19,20)21)64(112-40-32-72(104-112)88(22,23)24)48-56(55)80(92-79)96-78-54-46-62(110-38-30-70(102-110)86(16,17)18)61(45-53(54)76(91-78)94-74)109-37-29-69(101-109)85(13,14)15/h25-48H,1-24H3,(H2,89,90,91,92,93,94,95,96). The van der Waals surface area contributed by atoms with E-state index in [4.69, 9.17) is 70.7 Å².